The molecule has 23 heavy (non-hydrogen) atoms. The normalized spacial score (nSPS) is 11.8. The Morgan fingerprint density at radius 3 is 2.35 bits per heavy atom. The minimum atomic E-state index is 0.124. The number of benzene rings is 1. The van der Waals surface area contributed by atoms with E-state index in [2.05, 4.69) is 11.9 Å². The standard InChI is InChI=1S/C19H25N3O/c1-15(13-17-7-5-6-12-20-17)22(4)19(23)14-16-8-10-18(11-9-16)21(2)3/h5-12,15H,13-14H2,1-4H3/t15-/m1/s1. The van der Waals surface area contributed by atoms with E-state index in [0.717, 1.165) is 23.4 Å². The van der Waals surface area contributed by atoms with E-state index in [9.17, 15) is 4.79 Å². The SMILES string of the molecule is C[C@H](Cc1ccccn1)N(C)C(=O)Cc1ccc(N(C)C)cc1. The van der Waals surface area contributed by atoms with Crippen molar-refractivity contribution in [2.24, 2.45) is 0 Å². The summed E-state index contributed by atoms with van der Waals surface area (Å²) in [4.78, 5) is 20.6. The zero-order valence-corrected chi connectivity index (χ0v) is 14.4. The zero-order chi connectivity index (χ0) is 16.8. The van der Waals surface area contributed by atoms with Gasteiger partial charge in [-0.3, -0.25) is 9.78 Å². The molecule has 0 bridgehead atoms. The Morgan fingerprint density at radius 2 is 1.78 bits per heavy atom. The summed E-state index contributed by atoms with van der Waals surface area (Å²) in [6.45, 7) is 2.06. The molecule has 1 aromatic heterocycles. The first-order valence-corrected chi connectivity index (χ1v) is 7.89. The number of hydrogen-bond donors (Lipinski definition) is 0. The minimum Gasteiger partial charge on any atom is -0.378 e. The second-order valence-corrected chi connectivity index (χ2v) is 6.12. The molecule has 0 aliphatic rings. The third kappa shape index (κ3) is 4.81. The summed E-state index contributed by atoms with van der Waals surface area (Å²) in [5.74, 6) is 0.131. The summed E-state index contributed by atoms with van der Waals surface area (Å²) in [6.07, 6.45) is 2.98. The van der Waals surface area contributed by atoms with Crippen LogP contribution in [0, 0.1) is 0 Å². The molecule has 4 nitrogen and oxygen atoms in total. The lowest BCUT2D eigenvalue weighted by Crippen LogP contribution is -2.37. The van der Waals surface area contributed by atoms with Crippen molar-refractivity contribution in [3.05, 3.63) is 59.9 Å². The van der Waals surface area contributed by atoms with Crippen LogP contribution in [0.1, 0.15) is 18.2 Å². The number of carbonyl (C=O) groups excluding carboxylic acids is 1. The van der Waals surface area contributed by atoms with Crippen LogP contribution in [0.3, 0.4) is 0 Å². The third-order valence-corrected chi connectivity index (χ3v) is 4.09. The number of aromatic nitrogens is 1. The fourth-order valence-corrected chi connectivity index (χ4v) is 2.42. The van der Waals surface area contributed by atoms with Crippen molar-refractivity contribution in [2.75, 3.05) is 26.0 Å². The Kier molecular flexibility index (Phi) is 5.74. The molecule has 2 rings (SSSR count). The van der Waals surface area contributed by atoms with Gasteiger partial charge in [0.2, 0.25) is 5.91 Å². The van der Waals surface area contributed by atoms with E-state index in [1.165, 1.54) is 0 Å². The molecule has 0 aliphatic carbocycles. The van der Waals surface area contributed by atoms with Crippen molar-refractivity contribution in [2.45, 2.75) is 25.8 Å². The Morgan fingerprint density at radius 1 is 1.09 bits per heavy atom. The van der Waals surface area contributed by atoms with Gasteiger partial charge < -0.3 is 9.80 Å². The van der Waals surface area contributed by atoms with Gasteiger partial charge in [-0.2, -0.15) is 0 Å². The van der Waals surface area contributed by atoms with Crippen molar-refractivity contribution < 1.29 is 4.79 Å². The zero-order valence-electron chi connectivity index (χ0n) is 14.4. The molecular weight excluding hydrogens is 286 g/mol. The van der Waals surface area contributed by atoms with E-state index in [4.69, 9.17) is 0 Å². The monoisotopic (exact) mass is 311 g/mol. The van der Waals surface area contributed by atoms with E-state index >= 15 is 0 Å². The van der Waals surface area contributed by atoms with E-state index in [1.807, 2.05) is 73.4 Å². The fourth-order valence-electron chi connectivity index (χ4n) is 2.42. The second-order valence-electron chi connectivity index (χ2n) is 6.12. The van der Waals surface area contributed by atoms with Crippen LogP contribution in [0.2, 0.25) is 0 Å². The number of hydrogen-bond acceptors (Lipinski definition) is 3. The Labute approximate surface area is 138 Å². The smallest absolute Gasteiger partial charge is 0.226 e. The topological polar surface area (TPSA) is 36.4 Å². The van der Waals surface area contributed by atoms with Crippen LogP contribution in [0.25, 0.3) is 0 Å². The quantitative estimate of drug-likeness (QED) is 0.823. The number of pyridine rings is 1. The molecule has 0 unspecified atom stereocenters. The predicted molar refractivity (Wildman–Crippen MR) is 94.6 cm³/mol. The van der Waals surface area contributed by atoms with Crippen molar-refractivity contribution in [1.82, 2.24) is 9.88 Å². The first-order chi connectivity index (χ1) is 11.0. The third-order valence-electron chi connectivity index (χ3n) is 4.09. The van der Waals surface area contributed by atoms with E-state index in [0.29, 0.717) is 6.42 Å². The highest BCUT2D eigenvalue weighted by atomic mass is 16.2. The maximum atomic E-state index is 12.5. The molecule has 1 amide bonds. The minimum absolute atomic E-state index is 0.124. The molecule has 1 aromatic carbocycles. The van der Waals surface area contributed by atoms with Crippen LogP contribution >= 0.6 is 0 Å². The molecule has 1 heterocycles. The predicted octanol–water partition coefficient (Wildman–Crippen LogP) is 2.78. The largest absolute Gasteiger partial charge is 0.378 e. The Bertz CT molecular complexity index is 623. The van der Waals surface area contributed by atoms with Gasteiger partial charge in [-0.1, -0.05) is 18.2 Å². The van der Waals surface area contributed by atoms with Gasteiger partial charge in [0.15, 0.2) is 0 Å². The van der Waals surface area contributed by atoms with Crippen LogP contribution in [0.4, 0.5) is 5.69 Å². The fraction of sp³-hybridized carbons (Fsp3) is 0.368. The molecule has 0 saturated heterocycles. The highest BCUT2D eigenvalue weighted by molar-refractivity contribution is 5.79. The molecule has 0 saturated carbocycles. The summed E-state index contributed by atoms with van der Waals surface area (Å²) < 4.78 is 0. The molecule has 2 aromatic rings. The summed E-state index contributed by atoms with van der Waals surface area (Å²) in [6, 6.07) is 14.1. The number of likely N-dealkylation sites (N-methyl/N-ethyl adjacent to an activating group) is 1. The van der Waals surface area contributed by atoms with E-state index < -0.39 is 0 Å². The van der Waals surface area contributed by atoms with Crippen molar-refractivity contribution in [1.29, 1.82) is 0 Å². The van der Waals surface area contributed by atoms with E-state index in [-0.39, 0.29) is 11.9 Å². The molecule has 1 atom stereocenters. The number of amides is 1. The van der Waals surface area contributed by atoms with Crippen LogP contribution in [-0.4, -0.2) is 43.0 Å². The molecule has 0 aliphatic heterocycles. The van der Waals surface area contributed by atoms with Gasteiger partial charge in [-0.25, -0.2) is 0 Å². The van der Waals surface area contributed by atoms with Crippen molar-refractivity contribution in [3.63, 3.8) is 0 Å². The Hall–Kier alpha value is -2.36. The molecule has 0 fully saturated rings. The summed E-state index contributed by atoms with van der Waals surface area (Å²) >= 11 is 0. The van der Waals surface area contributed by atoms with E-state index in [1.54, 1.807) is 6.20 Å². The molecule has 122 valence electrons. The Balaban J connectivity index is 1.93. The lowest BCUT2D eigenvalue weighted by molar-refractivity contribution is -0.130. The van der Waals surface area contributed by atoms with Gasteiger partial charge in [0.25, 0.3) is 0 Å². The summed E-state index contributed by atoms with van der Waals surface area (Å²) in [5, 5.41) is 0. The first kappa shape index (κ1) is 17.0. The van der Waals surface area contributed by atoms with Crippen LogP contribution in [0.5, 0.6) is 0 Å². The molecule has 0 radical (unpaired) electrons. The average Bonchev–Trinajstić information content (AvgIpc) is 2.55. The molecule has 0 N–H and O–H groups in total. The van der Waals surface area contributed by atoms with Gasteiger partial charge >= 0.3 is 0 Å². The van der Waals surface area contributed by atoms with Gasteiger partial charge in [0.05, 0.1) is 6.42 Å². The van der Waals surface area contributed by atoms with Crippen molar-refractivity contribution in [3.8, 4) is 0 Å². The summed E-state index contributed by atoms with van der Waals surface area (Å²) in [5.41, 5.74) is 3.19. The molecule has 4 heteroatoms. The van der Waals surface area contributed by atoms with Crippen LogP contribution < -0.4 is 4.90 Å². The van der Waals surface area contributed by atoms with Crippen molar-refractivity contribution >= 4 is 11.6 Å². The molecule has 0 spiro atoms. The maximum Gasteiger partial charge on any atom is 0.226 e. The highest BCUT2D eigenvalue weighted by Crippen LogP contribution is 2.14. The lowest BCUT2D eigenvalue weighted by Gasteiger charge is -2.25. The second kappa shape index (κ2) is 7.77. The van der Waals surface area contributed by atoms with Gasteiger partial charge in [0.1, 0.15) is 0 Å². The lowest BCUT2D eigenvalue weighted by atomic mass is 10.1. The maximum absolute atomic E-state index is 12.5. The average molecular weight is 311 g/mol. The highest BCUT2D eigenvalue weighted by Gasteiger charge is 2.17. The van der Waals surface area contributed by atoms with Gasteiger partial charge in [-0.05, 0) is 36.8 Å². The number of anilines is 1. The van der Waals surface area contributed by atoms with Crippen LogP contribution in [0.15, 0.2) is 48.7 Å². The summed E-state index contributed by atoms with van der Waals surface area (Å²) in [7, 11) is 5.88. The number of rotatable bonds is 6. The molecular formula is C19H25N3O. The first-order valence-electron chi connectivity index (χ1n) is 7.89. The number of carbonyl (C=O) groups is 1. The van der Waals surface area contributed by atoms with Gasteiger partial charge in [0, 0.05) is 51.2 Å². The van der Waals surface area contributed by atoms with Gasteiger partial charge in [-0.15, -0.1) is 0 Å². The number of nitrogens with zero attached hydrogens (tertiary/aromatic N) is 3. The van der Waals surface area contributed by atoms with Crippen LogP contribution in [-0.2, 0) is 17.6 Å².